The Labute approximate surface area is 800 Å². The number of hydrogen-bond acceptors (Lipinski definition) is 2. The Balaban J connectivity index is 0.639. The maximum absolute atomic E-state index is 9.88. The predicted octanol–water partition coefficient (Wildman–Crippen LogP) is 30.0. The molecule has 27 rings (SSSR count). The Morgan fingerprint density at radius 3 is 0.917 bits per heavy atom. The summed E-state index contributed by atoms with van der Waals surface area (Å²) in [6, 6.07) is 111. The van der Waals surface area contributed by atoms with Gasteiger partial charge in [-0.15, -0.1) is 0 Å². The molecule has 0 saturated carbocycles. The van der Waals surface area contributed by atoms with Crippen LogP contribution in [-0.2, 0) is 29.1 Å². The second kappa shape index (κ2) is 30.0. The Kier molecular flexibility index (Phi) is 14.1. The quantitative estimate of drug-likeness (QED) is 0.0708. The SMILES string of the molecule is [2H]c1c([2H])c([2H])c2c(c1[2H])c1c([2H])c([2H])c([2H])c([2H])c1n2-c1ccc2c(c1)N(CCCCc1cc(-c3ccccc3)ccc1-c1ccc3c(c1)C1(c4ccccc4-c4ccccc41)c1ccccc1-3)c1cc(C(C)(C)C)cc3c1B2c1ccc(-n2c4c([2H])c([2H])c([2H])c([2H])c4c4c([2H])c([2H])c([2H])c([2H])c42)cc1N3CCCCc1cc(-c2ccccc2)ccc1-c1ccc2c(c1)C1(c3ccccc3-c3ccccc31)c1ccccc1-2. The van der Waals surface area contributed by atoms with E-state index in [0.717, 1.165) is 89.2 Å². The van der Waals surface area contributed by atoms with Crippen molar-refractivity contribution in [3.63, 3.8) is 0 Å². The standard InChI is InChI=1S/C128H95BN4/c1-126(2,3)90-78-123-125-124(79-90)131(73-33-31-39-87-75-85(83-36-8-5-9-37-83)61-67-94(87)89-63-69-102-100-45-15-25-55-112(100)128(114(102)77-89)109-52-22-12-42-97(109)98-43-13-23-53-110(98)128)122-81-92(133-119-58-28-18-48-105(119)106-49-19-29-59-120(106)133)65-71-116(122)129(125)115-70-64-91(132-117-56-26-16-46-103(117)104-47-17-27-57-118(104)132)80-121(115)130(123)72-32-30-38-86-74-84(82-34-6-4-7-35-82)60-66-93(86)88-62-68-101-99-44-14-24-54-111(99)127(113(101)76-88)107-50-20-10-40-95(107)96-41-11-21-51-108(96)127/h4-29,34-37,40-71,74-81H,30-33,38-39,72-73H2,1-3H3/i16D,17D,18D,19D,26D,27D,28D,29D,46D,47D,48D,49D,56D,57D,58D,59D. The van der Waals surface area contributed by atoms with Crippen LogP contribution in [0.4, 0.5) is 22.7 Å². The molecule has 0 saturated heterocycles. The summed E-state index contributed by atoms with van der Waals surface area (Å²) < 4.78 is 155. The first kappa shape index (κ1) is 62.6. The number of anilines is 4. The minimum Gasteiger partial charge on any atom is -0.342 e. The minimum atomic E-state index is -0.613. The summed E-state index contributed by atoms with van der Waals surface area (Å²) in [6.45, 7) is 6.90. The molecule has 0 fully saturated rings. The van der Waals surface area contributed by atoms with Crippen molar-refractivity contribution in [3.05, 3.63) is 485 Å². The number of aromatic nitrogens is 2. The fourth-order valence-electron chi connectivity index (χ4n) is 24.2. The van der Waals surface area contributed by atoms with Gasteiger partial charge in [-0.25, -0.2) is 0 Å². The second-order valence-corrected chi connectivity index (χ2v) is 37.7. The molecule has 4 heterocycles. The van der Waals surface area contributed by atoms with Crippen molar-refractivity contribution in [2.24, 2.45) is 0 Å². The van der Waals surface area contributed by atoms with Gasteiger partial charge in [-0.05, 0) is 283 Å². The van der Waals surface area contributed by atoms with Gasteiger partial charge < -0.3 is 18.9 Å². The molecular formula is C128H95BN4. The van der Waals surface area contributed by atoms with E-state index in [4.69, 9.17) is 5.48 Å². The van der Waals surface area contributed by atoms with Gasteiger partial charge in [-0.1, -0.05) is 372 Å². The Morgan fingerprint density at radius 1 is 0.263 bits per heavy atom. The first-order valence-electron chi connectivity index (χ1n) is 54.6. The van der Waals surface area contributed by atoms with E-state index in [0.29, 0.717) is 63.0 Å². The fraction of sp³-hybridized carbons (Fsp3) is 0.109. The minimum absolute atomic E-state index is 0.0108. The number of hydrogen-bond donors (Lipinski definition) is 0. The highest BCUT2D eigenvalue weighted by Crippen LogP contribution is 2.66. The number of fused-ring (bicyclic) bond motifs is 30. The molecule has 133 heavy (non-hydrogen) atoms. The third kappa shape index (κ3) is 11.5. The lowest BCUT2D eigenvalue weighted by Gasteiger charge is -2.45. The smallest absolute Gasteiger partial charge is 0.252 e. The summed E-state index contributed by atoms with van der Waals surface area (Å²) >= 11 is 0. The molecular weight excluding hydrogens is 1600 g/mol. The van der Waals surface area contributed by atoms with Gasteiger partial charge in [0.25, 0.3) is 6.71 Å². The molecule has 630 valence electrons. The number of aryl methyl sites for hydroxylation is 2. The van der Waals surface area contributed by atoms with Crippen molar-refractivity contribution >= 4 is 89.5 Å². The summed E-state index contributed by atoms with van der Waals surface area (Å²) in [4.78, 5) is 4.83. The number of para-hydroxylation sites is 4. The summed E-state index contributed by atoms with van der Waals surface area (Å²) in [5, 5.41) is -0.164. The van der Waals surface area contributed by atoms with Crippen LogP contribution < -0.4 is 26.2 Å². The maximum atomic E-state index is 9.88. The molecule has 2 aliphatic heterocycles. The molecule has 5 heteroatoms. The fourth-order valence-corrected chi connectivity index (χ4v) is 24.2. The van der Waals surface area contributed by atoms with Crippen LogP contribution in [-0.4, -0.2) is 28.9 Å². The van der Waals surface area contributed by atoms with Crippen LogP contribution in [0.15, 0.2) is 424 Å². The highest BCUT2D eigenvalue weighted by molar-refractivity contribution is 7.00. The van der Waals surface area contributed by atoms with E-state index in [1.165, 1.54) is 100 Å². The van der Waals surface area contributed by atoms with E-state index in [1.54, 1.807) is 9.13 Å². The molecule has 0 radical (unpaired) electrons. The third-order valence-electron chi connectivity index (χ3n) is 29.9. The van der Waals surface area contributed by atoms with Crippen molar-refractivity contribution in [2.45, 2.75) is 75.5 Å². The predicted molar refractivity (Wildman–Crippen MR) is 558 cm³/mol. The summed E-state index contributed by atoms with van der Waals surface area (Å²) in [5.41, 5.74) is 37.0. The van der Waals surface area contributed by atoms with Crippen molar-refractivity contribution in [2.75, 3.05) is 22.9 Å². The molecule has 19 aromatic carbocycles. The number of benzene rings is 19. The van der Waals surface area contributed by atoms with Crippen molar-refractivity contribution < 1.29 is 21.9 Å². The molecule has 0 atom stereocenters. The van der Waals surface area contributed by atoms with E-state index in [9.17, 15) is 16.4 Å². The second-order valence-electron chi connectivity index (χ2n) is 37.7. The molecule has 0 bridgehead atoms. The molecule has 2 spiro atoms. The molecule has 21 aromatic rings. The van der Waals surface area contributed by atoms with E-state index in [1.807, 2.05) is 36.4 Å². The van der Waals surface area contributed by atoms with Crippen LogP contribution in [0.2, 0.25) is 0 Å². The Morgan fingerprint density at radius 2 is 0.571 bits per heavy atom. The van der Waals surface area contributed by atoms with Gasteiger partial charge in [-0.3, -0.25) is 0 Å². The van der Waals surface area contributed by atoms with Crippen LogP contribution >= 0.6 is 0 Å². The lowest BCUT2D eigenvalue weighted by Crippen LogP contribution is -2.62. The van der Waals surface area contributed by atoms with Crippen molar-refractivity contribution in [3.8, 4) is 100 Å². The lowest BCUT2D eigenvalue weighted by atomic mass is 9.33. The van der Waals surface area contributed by atoms with Gasteiger partial charge in [0.05, 0.1) is 54.8 Å². The van der Waals surface area contributed by atoms with Crippen molar-refractivity contribution in [1.29, 1.82) is 0 Å². The average molecular weight is 1720 g/mol. The van der Waals surface area contributed by atoms with Gasteiger partial charge in [-0.2, -0.15) is 0 Å². The van der Waals surface area contributed by atoms with Gasteiger partial charge in [0.15, 0.2) is 0 Å². The molecule has 4 nitrogen and oxygen atoms in total. The zero-order valence-corrected chi connectivity index (χ0v) is 73.7. The summed E-state index contributed by atoms with van der Waals surface area (Å²) in [6.07, 6.45) is 3.97. The average Bonchev–Trinajstić information content (AvgIpc) is 1.52. The molecule has 0 unspecified atom stereocenters. The van der Waals surface area contributed by atoms with Crippen LogP contribution in [0, 0.1) is 0 Å². The first-order valence-corrected chi connectivity index (χ1v) is 46.6. The largest absolute Gasteiger partial charge is 0.342 e. The zero-order valence-electron chi connectivity index (χ0n) is 89.7. The van der Waals surface area contributed by atoms with E-state index in [2.05, 4.69) is 322 Å². The highest BCUT2D eigenvalue weighted by atomic mass is 15.2. The summed E-state index contributed by atoms with van der Waals surface area (Å²) in [7, 11) is 0. The zero-order chi connectivity index (χ0) is 102. The van der Waals surface area contributed by atoms with Gasteiger partial charge in [0.1, 0.15) is 0 Å². The number of unbranched alkanes of at least 4 members (excludes halogenated alkanes) is 2. The molecule has 0 amide bonds. The Bertz CT molecular complexity index is 8660. The maximum Gasteiger partial charge on any atom is 0.252 e. The van der Waals surface area contributed by atoms with E-state index >= 15 is 0 Å². The summed E-state index contributed by atoms with van der Waals surface area (Å²) in [5.74, 6) is 0. The van der Waals surface area contributed by atoms with Crippen molar-refractivity contribution in [1.82, 2.24) is 9.13 Å². The number of nitrogens with zero attached hydrogens (tertiary/aromatic N) is 4. The normalized spacial score (nSPS) is 15.5. The highest BCUT2D eigenvalue weighted by Gasteiger charge is 2.54. The topological polar surface area (TPSA) is 16.3 Å². The van der Waals surface area contributed by atoms with E-state index < -0.39 is 120 Å². The van der Waals surface area contributed by atoms with Crippen LogP contribution in [0.1, 0.15) is 130 Å². The number of rotatable bonds is 16. The van der Waals surface area contributed by atoms with Crippen LogP contribution in [0.25, 0.3) is 144 Å². The molecule has 4 aliphatic carbocycles. The van der Waals surface area contributed by atoms with Gasteiger partial charge >= 0.3 is 0 Å². The molecule has 6 aliphatic rings. The lowest BCUT2D eigenvalue weighted by molar-refractivity contribution is 0.590. The van der Waals surface area contributed by atoms with E-state index in [-0.39, 0.29) is 43.6 Å². The van der Waals surface area contributed by atoms with Crippen LogP contribution in [0.5, 0.6) is 0 Å². The molecule has 2 aromatic heterocycles. The van der Waals surface area contributed by atoms with Crippen LogP contribution in [0.3, 0.4) is 0 Å². The monoisotopic (exact) mass is 1710 g/mol. The first-order chi connectivity index (χ1) is 72.3. The molecule has 0 N–H and O–H groups in total. The van der Waals surface area contributed by atoms with Gasteiger partial charge in [0.2, 0.25) is 0 Å². The van der Waals surface area contributed by atoms with Gasteiger partial charge in [0, 0.05) is 68.8 Å². The third-order valence-corrected chi connectivity index (χ3v) is 29.9. The Hall–Kier alpha value is -15.6.